The molecule has 0 aromatic carbocycles. The molecule has 0 aromatic rings. The smallest absolute Gasteiger partial charge is 0.217 e. The lowest BCUT2D eigenvalue weighted by Gasteiger charge is -2.49. The summed E-state index contributed by atoms with van der Waals surface area (Å²) in [6.07, 6.45) is -19.0. The van der Waals surface area contributed by atoms with E-state index in [-0.39, 0.29) is 0 Å². The highest BCUT2D eigenvalue weighted by Crippen LogP contribution is 2.32. The molecule has 3 fully saturated rings. The Morgan fingerprint density at radius 1 is 0.558 bits per heavy atom. The molecule has 3 amide bonds. The van der Waals surface area contributed by atoms with Gasteiger partial charge in [0.05, 0.1) is 19.8 Å². The second-order valence-electron chi connectivity index (χ2n) is 10.5. The number of nitrogens with one attached hydrogen (secondary N) is 3. The number of hydrogen-bond acceptors (Lipinski definition) is 16. The third-order valence-corrected chi connectivity index (χ3v) is 7.30. The van der Waals surface area contributed by atoms with Crippen LogP contribution in [-0.4, -0.2) is 170 Å². The maximum absolute atomic E-state index is 12.1. The van der Waals surface area contributed by atoms with E-state index in [1.807, 2.05) is 0 Å². The third kappa shape index (κ3) is 8.14. The van der Waals surface area contributed by atoms with Gasteiger partial charge in [-0.2, -0.15) is 0 Å². The molecule has 0 bridgehead atoms. The van der Waals surface area contributed by atoms with Gasteiger partial charge in [-0.1, -0.05) is 0 Å². The van der Waals surface area contributed by atoms with Gasteiger partial charge in [-0.25, -0.2) is 0 Å². The quantitative estimate of drug-likeness (QED) is 0.107. The highest BCUT2D eigenvalue weighted by Gasteiger charge is 2.54. The van der Waals surface area contributed by atoms with Crippen LogP contribution < -0.4 is 16.0 Å². The molecule has 3 aliphatic rings. The Hall–Kier alpha value is -2.11. The molecule has 11 N–H and O–H groups in total. The minimum absolute atomic E-state index is 0.628. The van der Waals surface area contributed by atoms with E-state index in [1.165, 1.54) is 0 Å². The van der Waals surface area contributed by atoms with Gasteiger partial charge in [0.25, 0.3) is 0 Å². The van der Waals surface area contributed by atoms with Crippen LogP contribution in [0.1, 0.15) is 20.8 Å². The molecule has 19 heteroatoms. The predicted octanol–water partition coefficient (Wildman–Crippen LogP) is -7.14. The van der Waals surface area contributed by atoms with Crippen molar-refractivity contribution >= 4 is 17.7 Å². The molecule has 0 saturated carbocycles. The fourth-order valence-corrected chi connectivity index (χ4v) is 5.28. The van der Waals surface area contributed by atoms with E-state index in [0.29, 0.717) is 0 Å². The SMILES string of the molecule is CC(=O)N[C@@H]1[C@H](O[C@H]2[C@H](O)[C@@H](NC(C)=O)[C@@H](O)O[C@H]2CO)O[C@@H](CO)[C@@H](O[C@@H]2O[C@H](CO)[C@@H](O)[C@H](O)[C@@H]2NC(C)=O)[C@@H]1O. The number of carbonyl (C=O) groups is 3. The first-order valence-corrected chi connectivity index (χ1v) is 13.5. The summed E-state index contributed by atoms with van der Waals surface area (Å²) < 4.78 is 28.3. The summed E-state index contributed by atoms with van der Waals surface area (Å²) in [6, 6.07) is -4.31. The molecule has 43 heavy (non-hydrogen) atoms. The average molecular weight is 628 g/mol. The normalized spacial score (nSPS) is 43.5. The zero-order valence-corrected chi connectivity index (χ0v) is 23.6. The van der Waals surface area contributed by atoms with Crippen molar-refractivity contribution in [2.45, 2.75) is 113 Å². The van der Waals surface area contributed by atoms with Gasteiger partial charge in [0.15, 0.2) is 18.9 Å². The van der Waals surface area contributed by atoms with Crippen molar-refractivity contribution in [1.29, 1.82) is 0 Å². The van der Waals surface area contributed by atoms with E-state index < -0.39 is 129 Å². The van der Waals surface area contributed by atoms with E-state index in [4.69, 9.17) is 23.7 Å². The Labute approximate surface area is 245 Å². The third-order valence-electron chi connectivity index (χ3n) is 7.30. The molecule has 3 rings (SSSR count). The van der Waals surface area contributed by atoms with E-state index in [2.05, 4.69) is 16.0 Å². The molecular formula is C24H41N3O16. The lowest BCUT2D eigenvalue weighted by atomic mass is 9.93. The summed E-state index contributed by atoms with van der Waals surface area (Å²) in [4.78, 5) is 35.5. The first kappa shape index (κ1) is 35.4. The Bertz CT molecular complexity index is 962. The summed E-state index contributed by atoms with van der Waals surface area (Å²) in [5, 5.41) is 90.0. The summed E-state index contributed by atoms with van der Waals surface area (Å²) in [5.74, 6) is -1.96. The monoisotopic (exact) mass is 627 g/mol. The Morgan fingerprint density at radius 2 is 0.930 bits per heavy atom. The van der Waals surface area contributed by atoms with E-state index in [9.17, 15) is 55.2 Å². The van der Waals surface area contributed by atoms with Gasteiger partial charge < -0.3 is 80.5 Å². The first-order chi connectivity index (χ1) is 20.2. The topological polar surface area (TPSA) is 295 Å². The van der Waals surface area contributed by atoms with Gasteiger partial charge in [0, 0.05) is 20.8 Å². The van der Waals surface area contributed by atoms with Crippen LogP contribution in [0.4, 0.5) is 0 Å². The van der Waals surface area contributed by atoms with Crippen LogP contribution in [0.25, 0.3) is 0 Å². The Morgan fingerprint density at radius 3 is 1.37 bits per heavy atom. The molecule has 15 atom stereocenters. The molecule has 0 radical (unpaired) electrons. The molecule has 0 spiro atoms. The van der Waals surface area contributed by atoms with E-state index >= 15 is 0 Å². The number of hydrogen-bond donors (Lipinski definition) is 11. The summed E-state index contributed by atoms with van der Waals surface area (Å²) in [7, 11) is 0. The van der Waals surface area contributed by atoms with E-state index in [0.717, 1.165) is 20.8 Å². The number of rotatable bonds is 10. The molecule has 248 valence electrons. The molecule has 3 saturated heterocycles. The Balaban J connectivity index is 1.89. The van der Waals surface area contributed by atoms with Crippen molar-refractivity contribution in [2.75, 3.05) is 19.8 Å². The highest BCUT2D eigenvalue weighted by molar-refractivity contribution is 5.74. The predicted molar refractivity (Wildman–Crippen MR) is 136 cm³/mol. The minimum Gasteiger partial charge on any atom is -0.394 e. The largest absolute Gasteiger partial charge is 0.394 e. The zero-order valence-electron chi connectivity index (χ0n) is 23.6. The van der Waals surface area contributed by atoms with Crippen molar-refractivity contribution in [1.82, 2.24) is 16.0 Å². The Kier molecular flexibility index (Phi) is 12.5. The maximum atomic E-state index is 12.1. The molecule has 0 aliphatic carbocycles. The molecule has 19 nitrogen and oxygen atoms in total. The van der Waals surface area contributed by atoms with Gasteiger partial charge in [-0.15, -0.1) is 0 Å². The number of aliphatic hydroxyl groups is 8. The van der Waals surface area contributed by atoms with E-state index in [1.54, 1.807) is 0 Å². The molecule has 3 aliphatic heterocycles. The number of aliphatic hydroxyl groups excluding tert-OH is 8. The highest BCUT2D eigenvalue weighted by atomic mass is 16.7. The van der Waals surface area contributed by atoms with Crippen LogP contribution >= 0.6 is 0 Å². The average Bonchev–Trinajstić information content (AvgIpc) is 2.94. The van der Waals surface area contributed by atoms with Crippen molar-refractivity contribution in [3.63, 3.8) is 0 Å². The molecular weight excluding hydrogens is 586 g/mol. The standard InChI is InChI=1S/C24H41N3O16/c1-7(31)25-13-18(36)20(11(5-29)39-22(13)38)42-24-15(27-9(3)33)19(37)21(12(6-30)41-24)43-23-14(26-8(2)32)17(35)16(34)10(4-28)40-23/h10-24,28-30,34-38H,4-6H2,1-3H3,(H,25,31)(H,26,32)(H,27,33)/t10-,11+,12+,13-,14+,15+,16-,17-,18-,19-,20-,21-,22+,23+,24+/m1/s1. The zero-order chi connectivity index (χ0) is 32.2. The van der Waals surface area contributed by atoms with Crippen molar-refractivity contribution in [2.24, 2.45) is 0 Å². The second-order valence-corrected chi connectivity index (χ2v) is 10.5. The lowest BCUT2D eigenvalue weighted by Crippen LogP contribution is -2.71. The number of carbonyl (C=O) groups excluding carboxylic acids is 3. The second kappa shape index (κ2) is 15.3. The van der Waals surface area contributed by atoms with Crippen molar-refractivity contribution in [3.8, 4) is 0 Å². The van der Waals surface area contributed by atoms with Crippen LogP contribution in [0, 0.1) is 0 Å². The summed E-state index contributed by atoms with van der Waals surface area (Å²) in [5.41, 5.74) is 0. The van der Waals surface area contributed by atoms with Gasteiger partial charge in [-0.05, 0) is 0 Å². The van der Waals surface area contributed by atoms with Crippen LogP contribution in [-0.2, 0) is 38.1 Å². The molecule has 0 unspecified atom stereocenters. The van der Waals surface area contributed by atoms with Crippen molar-refractivity contribution < 1.29 is 78.9 Å². The first-order valence-electron chi connectivity index (χ1n) is 13.5. The van der Waals surface area contributed by atoms with Crippen LogP contribution in [0.3, 0.4) is 0 Å². The van der Waals surface area contributed by atoms with Gasteiger partial charge in [-0.3, -0.25) is 14.4 Å². The van der Waals surface area contributed by atoms with Gasteiger partial charge in [0.2, 0.25) is 17.7 Å². The molecule has 0 aromatic heterocycles. The maximum Gasteiger partial charge on any atom is 0.217 e. The fraction of sp³-hybridized carbons (Fsp3) is 0.875. The lowest BCUT2D eigenvalue weighted by molar-refractivity contribution is -0.351. The van der Waals surface area contributed by atoms with Crippen LogP contribution in [0.2, 0.25) is 0 Å². The van der Waals surface area contributed by atoms with Crippen LogP contribution in [0.15, 0.2) is 0 Å². The summed E-state index contributed by atoms with van der Waals surface area (Å²) in [6.45, 7) is 0.995. The minimum atomic E-state index is -1.77. The fourth-order valence-electron chi connectivity index (χ4n) is 5.28. The molecule has 3 heterocycles. The number of amides is 3. The van der Waals surface area contributed by atoms with Crippen molar-refractivity contribution in [3.05, 3.63) is 0 Å². The number of ether oxygens (including phenoxy) is 5. The van der Waals surface area contributed by atoms with Crippen LogP contribution in [0.5, 0.6) is 0 Å². The van der Waals surface area contributed by atoms with Gasteiger partial charge in [0.1, 0.15) is 73.1 Å². The summed E-state index contributed by atoms with van der Waals surface area (Å²) >= 11 is 0. The van der Waals surface area contributed by atoms with Gasteiger partial charge >= 0.3 is 0 Å².